The summed E-state index contributed by atoms with van der Waals surface area (Å²) in [5.74, 6) is 0. The van der Waals surface area contributed by atoms with E-state index in [4.69, 9.17) is 5.26 Å². The second-order valence-corrected chi connectivity index (χ2v) is 7.38. The Morgan fingerprint density at radius 3 is 2.42 bits per heavy atom. The molecule has 3 rings (SSSR count). The molecule has 0 bridgehead atoms. The van der Waals surface area contributed by atoms with Crippen molar-refractivity contribution in [3.8, 4) is 17.2 Å². The summed E-state index contributed by atoms with van der Waals surface area (Å²) < 4.78 is 3.53. The Balaban J connectivity index is 2.18. The van der Waals surface area contributed by atoms with E-state index in [9.17, 15) is 4.79 Å². The molecule has 122 valence electrons. The Labute approximate surface area is 141 Å². The molecular weight excluding hydrogens is 298 g/mol. The fraction of sp³-hybridized carbons (Fsp3) is 0.300. The van der Waals surface area contributed by atoms with Crippen LogP contribution >= 0.6 is 0 Å². The van der Waals surface area contributed by atoms with Crippen LogP contribution in [-0.2, 0) is 13.6 Å². The van der Waals surface area contributed by atoms with Gasteiger partial charge in [-0.2, -0.15) is 5.26 Å². The van der Waals surface area contributed by atoms with Crippen molar-refractivity contribution in [3.63, 3.8) is 0 Å². The molecule has 0 spiro atoms. The molecule has 0 saturated carbocycles. The van der Waals surface area contributed by atoms with Crippen molar-refractivity contribution in [1.29, 1.82) is 5.26 Å². The number of fused-ring (bicyclic) bond motifs is 1. The predicted octanol–water partition coefficient (Wildman–Crippen LogP) is 3.92. The zero-order valence-corrected chi connectivity index (χ0v) is 14.5. The van der Waals surface area contributed by atoms with Gasteiger partial charge in [-0.3, -0.25) is 9.13 Å². The van der Waals surface area contributed by atoms with Crippen LogP contribution in [0, 0.1) is 16.7 Å². The number of imidazole rings is 1. The first-order chi connectivity index (χ1) is 11.3. The van der Waals surface area contributed by atoms with Crippen molar-refractivity contribution >= 4 is 11.0 Å². The lowest BCUT2D eigenvalue weighted by Crippen LogP contribution is -2.27. The van der Waals surface area contributed by atoms with Crippen LogP contribution in [0.15, 0.2) is 47.3 Å². The van der Waals surface area contributed by atoms with Crippen LogP contribution in [0.2, 0.25) is 0 Å². The molecule has 0 unspecified atom stereocenters. The minimum absolute atomic E-state index is 0.00264. The quantitative estimate of drug-likeness (QED) is 0.718. The van der Waals surface area contributed by atoms with Crippen LogP contribution in [-0.4, -0.2) is 9.13 Å². The third-order valence-corrected chi connectivity index (χ3v) is 4.10. The standard InChI is InChI=1S/C20H21N3O/c1-20(2,3)13-23-17-9-8-16(11-18(17)22(4)19(23)24)15-7-5-6-14(10-15)12-21/h5-11H,13H2,1-4H3. The van der Waals surface area contributed by atoms with Crippen LogP contribution in [0.1, 0.15) is 26.3 Å². The van der Waals surface area contributed by atoms with E-state index in [1.165, 1.54) is 0 Å². The van der Waals surface area contributed by atoms with E-state index in [2.05, 4.69) is 26.8 Å². The van der Waals surface area contributed by atoms with Crippen molar-refractivity contribution in [3.05, 3.63) is 58.5 Å². The summed E-state index contributed by atoms with van der Waals surface area (Å²) in [5, 5.41) is 9.07. The number of benzene rings is 2. The van der Waals surface area contributed by atoms with Crippen molar-refractivity contribution in [1.82, 2.24) is 9.13 Å². The highest BCUT2D eigenvalue weighted by Crippen LogP contribution is 2.26. The summed E-state index contributed by atoms with van der Waals surface area (Å²) in [6.45, 7) is 7.05. The van der Waals surface area contributed by atoms with Gasteiger partial charge < -0.3 is 0 Å². The van der Waals surface area contributed by atoms with Gasteiger partial charge in [-0.05, 0) is 40.8 Å². The van der Waals surface area contributed by atoms with Gasteiger partial charge in [0.2, 0.25) is 0 Å². The number of hydrogen-bond donors (Lipinski definition) is 0. The molecule has 0 aliphatic rings. The topological polar surface area (TPSA) is 50.7 Å². The van der Waals surface area contributed by atoms with E-state index in [1.54, 1.807) is 17.7 Å². The summed E-state index contributed by atoms with van der Waals surface area (Å²) in [4.78, 5) is 12.6. The van der Waals surface area contributed by atoms with Crippen LogP contribution in [0.3, 0.4) is 0 Å². The van der Waals surface area contributed by atoms with Crippen LogP contribution in [0.5, 0.6) is 0 Å². The van der Waals surface area contributed by atoms with Crippen molar-refractivity contribution in [2.75, 3.05) is 0 Å². The molecule has 0 amide bonds. The molecule has 2 aromatic carbocycles. The zero-order valence-electron chi connectivity index (χ0n) is 14.5. The normalized spacial score (nSPS) is 11.6. The summed E-state index contributed by atoms with van der Waals surface area (Å²) in [6, 6.07) is 15.7. The monoisotopic (exact) mass is 319 g/mol. The average molecular weight is 319 g/mol. The van der Waals surface area contributed by atoms with Gasteiger partial charge in [0.15, 0.2) is 0 Å². The van der Waals surface area contributed by atoms with Crippen LogP contribution < -0.4 is 5.69 Å². The van der Waals surface area contributed by atoms with Gasteiger partial charge in [0.25, 0.3) is 0 Å². The number of aromatic nitrogens is 2. The van der Waals surface area contributed by atoms with Gasteiger partial charge >= 0.3 is 5.69 Å². The van der Waals surface area contributed by atoms with Gasteiger partial charge in [0.05, 0.1) is 22.7 Å². The summed E-state index contributed by atoms with van der Waals surface area (Å²) in [7, 11) is 1.80. The van der Waals surface area contributed by atoms with E-state index < -0.39 is 0 Å². The molecular formula is C20H21N3O. The first kappa shape index (κ1) is 16.1. The smallest absolute Gasteiger partial charge is 0.295 e. The zero-order chi connectivity index (χ0) is 17.5. The molecule has 0 aliphatic carbocycles. The molecule has 0 saturated heterocycles. The highest BCUT2D eigenvalue weighted by molar-refractivity contribution is 5.83. The molecule has 0 radical (unpaired) electrons. The Hall–Kier alpha value is -2.80. The van der Waals surface area contributed by atoms with Gasteiger partial charge in [0, 0.05) is 13.6 Å². The van der Waals surface area contributed by atoms with Crippen LogP contribution in [0.4, 0.5) is 0 Å². The number of aryl methyl sites for hydroxylation is 1. The number of rotatable bonds is 2. The van der Waals surface area contributed by atoms with E-state index in [0.717, 1.165) is 22.2 Å². The van der Waals surface area contributed by atoms with E-state index in [1.807, 2.05) is 41.0 Å². The molecule has 4 nitrogen and oxygen atoms in total. The van der Waals surface area contributed by atoms with Crippen molar-refractivity contribution in [2.24, 2.45) is 12.5 Å². The lowest BCUT2D eigenvalue weighted by atomic mass is 9.97. The Morgan fingerprint density at radius 1 is 1.04 bits per heavy atom. The van der Waals surface area contributed by atoms with Crippen LogP contribution in [0.25, 0.3) is 22.2 Å². The summed E-state index contributed by atoms with van der Waals surface area (Å²) in [5.41, 5.74) is 4.49. The molecule has 24 heavy (non-hydrogen) atoms. The molecule has 1 aromatic heterocycles. The van der Waals surface area contributed by atoms with Crippen molar-refractivity contribution < 1.29 is 0 Å². The largest absolute Gasteiger partial charge is 0.328 e. The van der Waals surface area contributed by atoms with Crippen molar-refractivity contribution in [2.45, 2.75) is 27.3 Å². The minimum Gasteiger partial charge on any atom is -0.295 e. The summed E-state index contributed by atoms with van der Waals surface area (Å²) in [6.07, 6.45) is 0. The molecule has 0 fully saturated rings. The molecule has 0 atom stereocenters. The highest BCUT2D eigenvalue weighted by Gasteiger charge is 2.18. The third-order valence-electron chi connectivity index (χ3n) is 4.10. The molecule has 1 heterocycles. The predicted molar refractivity (Wildman–Crippen MR) is 96.8 cm³/mol. The fourth-order valence-electron chi connectivity index (χ4n) is 2.98. The maximum Gasteiger partial charge on any atom is 0.328 e. The Morgan fingerprint density at radius 2 is 1.75 bits per heavy atom. The number of hydrogen-bond acceptors (Lipinski definition) is 2. The lowest BCUT2D eigenvalue weighted by molar-refractivity contribution is 0.342. The maximum atomic E-state index is 12.6. The Bertz CT molecular complexity index is 1010. The maximum absolute atomic E-state index is 12.6. The SMILES string of the molecule is Cn1c(=O)n(CC(C)(C)C)c2ccc(-c3cccc(C#N)c3)cc21. The van der Waals surface area contributed by atoms with E-state index in [-0.39, 0.29) is 11.1 Å². The molecule has 0 N–H and O–H groups in total. The minimum atomic E-state index is 0.00264. The molecule has 3 aromatic rings. The first-order valence-electron chi connectivity index (χ1n) is 8.00. The van der Waals surface area contributed by atoms with E-state index in [0.29, 0.717) is 12.1 Å². The third kappa shape index (κ3) is 2.85. The second kappa shape index (κ2) is 5.68. The molecule has 0 aliphatic heterocycles. The van der Waals surface area contributed by atoms with Gasteiger partial charge in [0.1, 0.15) is 0 Å². The number of nitrogens with zero attached hydrogens (tertiary/aromatic N) is 3. The van der Waals surface area contributed by atoms with Gasteiger partial charge in [-0.1, -0.05) is 39.0 Å². The molecule has 4 heteroatoms. The Kier molecular flexibility index (Phi) is 3.81. The lowest BCUT2D eigenvalue weighted by Gasteiger charge is -2.18. The number of nitriles is 1. The first-order valence-corrected chi connectivity index (χ1v) is 8.00. The summed E-state index contributed by atoms with van der Waals surface area (Å²) >= 11 is 0. The van der Waals surface area contributed by atoms with Gasteiger partial charge in [-0.15, -0.1) is 0 Å². The fourth-order valence-corrected chi connectivity index (χ4v) is 2.98. The second-order valence-electron chi connectivity index (χ2n) is 7.38. The van der Waals surface area contributed by atoms with E-state index >= 15 is 0 Å². The average Bonchev–Trinajstić information content (AvgIpc) is 2.78. The van der Waals surface area contributed by atoms with Gasteiger partial charge in [-0.25, -0.2) is 4.79 Å². The highest BCUT2D eigenvalue weighted by atomic mass is 16.1.